The Hall–Kier alpha value is -1.48. The summed E-state index contributed by atoms with van der Waals surface area (Å²) in [6, 6.07) is 12.0. The Labute approximate surface area is 146 Å². The Morgan fingerprint density at radius 1 is 1.21 bits per heavy atom. The van der Waals surface area contributed by atoms with Crippen molar-refractivity contribution in [1.82, 2.24) is 0 Å². The second kappa shape index (κ2) is 9.12. The number of nitriles is 1. The van der Waals surface area contributed by atoms with Crippen molar-refractivity contribution in [2.45, 2.75) is 70.6 Å². The van der Waals surface area contributed by atoms with E-state index in [1.165, 1.54) is 0 Å². The van der Waals surface area contributed by atoms with Crippen LogP contribution in [0.2, 0.25) is 18.1 Å². The first-order valence-electron chi connectivity index (χ1n) is 8.35. The molecule has 24 heavy (non-hydrogen) atoms. The standard InChI is InChI=1S/C19H29NO3Si/c1-19(2,3)24(4,5)23-18(11-13-20)17(12-14-21)22-15-16-9-7-6-8-10-16/h6-10,14,17-18H,11-12,15H2,1-5H3/t17-,18+/m1/s1. The number of aldehydes is 1. The van der Waals surface area contributed by atoms with E-state index in [9.17, 15) is 10.1 Å². The highest BCUT2D eigenvalue weighted by Crippen LogP contribution is 2.38. The first kappa shape index (κ1) is 20.6. The van der Waals surface area contributed by atoms with Crippen LogP contribution >= 0.6 is 0 Å². The minimum atomic E-state index is -2.05. The van der Waals surface area contributed by atoms with E-state index in [2.05, 4.69) is 39.9 Å². The molecule has 0 saturated carbocycles. The first-order valence-corrected chi connectivity index (χ1v) is 11.3. The Balaban J connectivity index is 2.86. The molecule has 1 rings (SSSR count). The zero-order chi connectivity index (χ0) is 18.2. The van der Waals surface area contributed by atoms with Crippen molar-refractivity contribution in [3.63, 3.8) is 0 Å². The lowest BCUT2D eigenvalue weighted by Crippen LogP contribution is -2.47. The van der Waals surface area contributed by atoms with Crippen LogP contribution < -0.4 is 0 Å². The van der Waals surface area contributed by atoms with Crippen LogP contribution in [0.3, 0.4) is 0 Å². The lowest BCUT2D eigenvalue weighted by molar-refractivity contribution is -0.113. The molecular formula is C19H29NO3Si. The van der Waals surface area contributed by atoms with Gasteiger partial charge in [-0.25, -0.2) is 0 Å². The molecule has 5 heteroatoms. The van der Waals surface area contributed by atoms with Gasteiger partial charge in [0, 0.05) is 6.42 Å². The van der Waals surface area contributed by atoms with E-state index >= 15 is 0 Å². The van der Waals surface area contributed by atoms with Crippen molar-refractivity contribution in [2.75, 3.05) is 0 Å². The first-order chi connectivity index (χ1) is 11.2. The summed E-state index contributed by atoms with van der Waals surface area (Å²) in [5.74, 6) is 0. The Bertz CT molecular complexity index is 546. The fourth-order valence-electron chi connectivity index (χ4n) is 2.09. The van der Waals surface area contributed by atoms with Crippen LogP contribution in [0.4, 0.5) is 0 Å². The zero-order valence-corrected chi connectivity index (χ0v) is 16.4. The Morgan fingerprint density at radius 3 is 2.33 bits per heavy atom. The molecule has 2 atom stereocenters. The monoisotopic (exact) mass is 347 g/mol. The molecule has 0 heterocycles. The van der Waals surface area contributed by atoms with Crippen molar-refractivity contribution in [3.8, 4) is 6.07 Å². The molecule has 0 radical (unpaired) electrons. The zero-order valence-electron chi connectivity index (χ0n) is 15.4. The highest BCUT2D eigenvalue weighted by Gasteiger charge is 2.41. The molecule has 0 unspecified atom stereocenters. The van der Waals surface area contributed by atoms with Crippen LogP contribution in [-0.2, 0) is 20.6 Å². The van der Waals surface area contributed by atoms with Crippen molar-refractivity contribution in [3.05, 3.63) is 35.9 Å². The summed E-state index contributed by atoms with van der Waals surface area (Å²) in [7, 11) is -2.05. The van der Waals surface area contributed by atoms with Crippen LogP contribution in [0.5, 0.6) is 0 Å². The average molecular weight is 348 g/mol. The highest BCUT2D eigenvalue weighted by molar-refractivity contribution is 6.74. The van der Waals surface area contributed by atoms with Gasteiger partial charge in [0.2, 0.25) is 0 Å². The van der Waals surface area contributed by atoms with Crippen LogP contribution in [0.15, 0.2) is 30.3 Å². The molecule has 0 aliphatic heterocycles. The maximum Gasteiger partial charge on any atom is 0.192 e. The van der Waals surface area contributed by atoms with Gasteiger partial charge in [0.15, 0.2) is 8.32 Å². The van der Waals surface area contributed by atoms with E-state index in [4.69, 9.17) is 9.16 Å². The second-order valence-corrected chi connectivity index (χ2v) is 12.3. The molecular weight excluding hydrogens is 318 g/mol. The minimum absolute atomic E-state index is 0.0336. The van der Waals surface area contributed by atoms with Gasteiger partial charge in [0.25, 0.3) is 0 Å². The molecule has 1 aromatic rings. The third-order valence-electron chi connectivity index (χ3n) is 4.59. The maximum absolute atomic E-state index is 11.1. The van der Waals surface area contributed by atoms with Gasteiger partial charge in [-0.3, -0.25) is 0 Å². The summed E-state index contributed by atoms with van der Waals surface area (Å²) in [6.45, 7) is 11.2. The van der Waals surface area contributed by atoms with Gasteiger partial charge in [-0.2, -0.15) is 5.26 Å². The molecule has 0 bridgehead atoms. The lowest BCUT2D eigenvalue weighted by Gasteiger charge is -2.40. The quantitative estimate of drug-likeness (QED) is 0.488. The number of hydrogen-bond acceptors (Lipinski definition) is 4. The molecule has 0 amide bonds. The molecule has 0 fully saturated rings. The van der Waals surface area contributed by atoms with Gasteiger partial charge < -0.3 is 14.0 Å². The molecule has 4 nitrogen and oxygen atoms in total. The molecule has 1 aromatic carbocycles. The fraction of sp³-hybridized carbons (Fsp3) is 0.579. The third-order valence-corrected chi connectivity index (χ3v) is 9.10. The van der Waals surface area contributed by atoms with Crippen LogP contribution in [0.1, 0.15) is 39.2 Å². The summed E-state index contributed by atoms with van der Waals surface area (Å²) in [5.41, 5.74) is 1.04. The highest BCUT2D eigenvalue weighted by atomic mass is 28.4. The molecule has 0 spiro atoms. The van der Waals surface area contributed by atoms with E-state index in [0.29, 0.717) is 6.61 Å². The number of hydrogen-bond donors (Lipinski definition) is 0. The van der Waals surface area contributed by atoms with E-state index in [-0.39, 0.29) is 24.0 Å². The Morgan fingerprint density at radius 2 is 1.83 bits per heavy atom. The van der Waals surface area contributed by atoms with Gasteiger partial charge in [-0.1, -0.05) is 51.1 Å². The minimum Gasteiger partial charge on any atom is -0.410 e. The van der Waals surface area contributed by atoms with Crippen LogP contribution in [0.25, 0.3) is 0 Å². The topological polar surface area (TPSA) is 59.3 Å². The van der Waals surface area contributed by atoms with Gasteiger partial charge in [0.05, 0.1) is 31.3 Å². The smallest absolute Gasteiger partial charge is 0.192 e. The van der Waals surface area contributed by atoms with Crippen molar-refractivity contribution in [1.29, 1.82) is 5.26 Å². The van der Waals surface area contributed by atoms with Crippen LogP contribution in [-0.4, -0.2) is 26.8 Å². The number of carbonyl (C=O) groups is 1. The lowest BCUT2D eigenvalue weighted by atomic mass is 10.1. The second-order valence-electron chi connectivity index (χ2n) is 7.52. The van der Waals surface area contributed by atoms with Crippen molar-refractivity contribution in [2.24, 2.45) is 0 Å². The number of rotatable bonds is 9. The number of benzene rings is 1. The molecule has 0 aliphatic carbocycles. The molecule has 132 valence electrons. The van der Waals surface area contributed by atoms with E-state index in [1.807, 2.05) is 30.3 Å². The summed E-state index contributed by atoms with van der Waals surface area (Å²) < 4.78 is 12.3. The van der Waals surface area contributed by atoms with E-state index < -0.39 is 14.4 Å². The van der Waals surface area contributed by atoms with Crippen molar-refractivity contribution < 1.29 is 14.0 Å². The summed E-state index contributed by atoms with van der Waals surface area (Å²) in [6.07, 6.45) is 0.504. The maximum atomic E-state index is 11.1. The number of nitrogens with zero attached hydrogens (tertiary/aromatic N) is 1. The SMILES string of the molecule is CC(C)(C)[Si](C)(C)O[C@@H](CC#N)[C@@H](CC=O)OCc1ccccc1. The normalized spacial score (nSPS) is 14.7. The number of ether oxygens (including phenoxy) is 1. The molecule has 0 aromatic heterocycles. The van der Waals surface area contributed by atoms with E-state index in [1.54, 1.807) is 0 Å². The summed E-state index contributed by atoms with van der Waals surface area (Å²) >= 11 is 0. The molecule has 0 saturated heterocycles. The molecule has 0 aliphatic rings. The average Bonchev–Trinajstić information content (AvgIpc) is 2.51. The van der Waals surface area contributed by atoms with Gasteiger partial charge >= 0.3 is 0 Å². The summed E-state index contributed by atoms with van der Waals surface area (Å²) in [5, 5.41) is 9.21. The van der Waals surface area contributed by atoms with Crippen molar-refractivity contribution >= 4 is 14.6 Å². The number of carbonyl (C=O) groups excluding carboxylic acids is 1. The van der Waals surface area contributed by atoms with Gasteiger partial charge in [-0.05, 0) is 23.7 Å². The largest absolute Gasteiger partial charge is 0.410 e. The fourth-order valence-corrected chi connectivity index (χ4v) is 3.44. The Kier molecular flexibility index (Phi) is 7.81. The predicted octanol–water partition coefficient (Wildman–Crippen LogP) is 4.46. The van der Waals surface area contributed by atoms with E-state index in [0.717, 1.165) is 11.8 Å². The van der Waals surface area contributed by atoms with Gasteiger partial charge in [-0.15, -0.1) is 0 Å². The summed E-state index contributed by atoms with van der Waals surface area (Å²) in [4.78, 5) is 11.1. The third kappa shape index (κ3) is 6.20. The van der Waals surface area contributed by atoms with Crippen LogP contribution in [0, 0.1) is 11.3 Å². The molecule has 0 N–H and O–H groups in total. The predicted molar refractivity (Wildman–Crippen MR) is 98.0 cm³/mol. The van der Waals surface area contributed by atoms with Gasteiger partial charge in [0.1, 0.15) is 6.29 Å².